The largest absolute Gasteiger partial charge is 0.189 e. The van der Waals surface area contributed by atoms with Crippen molar-refractivity contribution in [1.82, 2.24) is 0 Å². The Balaban J connectivity index is 0.00000196. The van der Waals surface area contributed by atoms with Gasteiger partial charge in [0.2, 0.25) is 0 Å². The van der Waals surface area contributed by atoms with Gasteiger partial charge in [-0.2, -0.15) is 18.1 Å². The molecule has 0 atom stereocenters. The number of rotatable bonds is 4. The summed E-state index contributed by atoms with van der Waals surface area (Å²) in [6.45, 7) is 6.49. The fourth-order valence-electron chi connectivity index (χ4n) is 1.47. The minimum Gasteiger partial charge on any atom is -0.189 e. The molecular formula is C14H19U-. The molecule has 0 N–H and O–H groups in total. The van der Waals surface area contributed by atoms with Gasteiger partial charge < -0.3 is 0 Å². The van der Waals surface area contributed by atoms with E-state index in [0.717, 1.165) is 6.42 Å². The van der Waals surface area contributed by atoms with E-state index in [9.17, 15) is 0 Å². The van der Waals surface area contributed by atoms with Crippen LogP contribution in [0.2, 0.25) is 0 Å². The topological polar surface area (TPSA) is 0 Å². The van der Waals surface area contributed by atoms with Gasteiger partial charge >= 0.3 is 0 Å². The molecule has 0 radical (unpaired) electrons. The summed E-state index contributed by atoms with van der Waals surface area (Å²) < 4.78 is 0. The van der Waals surface area contributed by atoms with Gasteiger partial charge in [0.15, 0.2) is 0 Å². The van der Waals surface area contributed by atoms with Crippen molar-refractivity contribution in [3.05, 3.63) is 54.0 Å². The predicted molar refractivity (Wildman–Crippen MR) is 63.2 cm³/mol. The van der Waals surface area contributed by atoms with Crippen LogP contribution in [0.25, 0.3) is 0 Å². The van der Waals surface area contributed by atoms with E-state index in [1.807, 2.05) is 0 Å². The number of allylic oxidation sites excluding steroid dienone is 2. The Hall–Kier alpha value is -0.118. The summed E-state index contributed by atoms with van der Waals surface area (Å²) in [5, 5.41) is 0. The van der Waals surface area contributed by atoms with E-state index in [4.69, 9.17) is 0 Å². The normalized spacial score (nSPS) is 10.4. The first-order valence-electron chi connectivity index (χ1n) is 5.28. The maximum Gasteiger partial charge on any atom is 0 e. The van der Waals surface area contributed by atoms with E-state index in [1.165, 1.54) is 11.1 Å². The first kappa shape index (κ1) is 14.9. The summed E-state index contributed by atoms with van der Waals surface area (Å²) in [5.74, 6) is 0.646. The molecule has 0 unspecified atom stereocenters. The Morgan fingerprint density at radius 2 is 1.93 bits per heavy atom. The molecule has 0 saturated carbocycles. The summed E-state index contributed by atoms with van der Waals surface area (Å²) in [5.41, 5.74) is 2.76. The van der Waals surface area contributed by atoms with Crippen molar-refractivity contribution in [2.75, 3.05) is 0 Å². The van der Waals surface area contributed by atoms with Crippen molar-refractivity contribution in [3.8, 4) is 0 Å². The van der Waals surface area contributed by atoms with Crippen molar-refractivity contribution in [3.63, 3.8) is 0 Å². The average Bonchev–Trinajstić information content (AvgIpc) is 2.18. The van der Waals surface area contributed by atoms with Gasteiger partial charge in [-0.15, -0.1) is 17.7 Å². The maximum atomic E-state index is 2.26. The Morgan fingerprint density at radius 3 is 2.53 bits per heavy atom. The standard InChI is InChI=1S/C14H19.U/c1-4-13-9-5-6-10-14(13)11-7-8-12(2)3;/h4-10,12H,11H2,1-3H3;/q-1;/b8-7+;. The van der Waals surface area contributed by atoms with Crippen LogP contribution in [0.5, 0.6) is 0 Å². The van der Waals surface area contributed by atoms with Crippen LogP contribution < -0.4 is 0 Å². The van der Waals surface area contributed by atoms with Crippen molar-refractivity contribution in [2.45, 2.75) is 27.2 Å². The molecule has 0 spiro atoms. The molecule has 0 saturated heterocycles. The third-order valence-electron chi connectivity index (χ3n) is 2.22. The van der Waals surface area contributed by atoms with E-state index in [0.29, 0.717) is 5.92 Å². The van der Waals surface area contributed by atoms with E-state index < -0.39 is 0 Å². The monoisotopic (exact) mass is 425 g/mol. The first-order valence-corrected chi connectivity index (χ1v) is 5.28. The second-order valence-corrected chi connectivity index (χ2v) is 3.86. The van der Waals surface area contributed by atoms with Gasteiger partial charge in [-0.05, 0) is 5.92 Å². The predicted octanol–water partition coefficient (Wildman–Crippen LogP) is 4.01. The molecule has 1 heteroatoms. The molecule has 1 aromatic rings. The van der Waals surface area contributed by atoms with Crippen LogP contribution in [0.3, 0.4) is 0 Å². The van der Waals surface area contributed by atoms with Crippen LogP contribution >= 0.6 is 0 Å². The minimum absolute atomic E-state index is 0. The number of benzene rings is 1. The van der Waals surface area contributed by atoms with Gasteiger partial charge in [-0.25, -0.2) is 0 Å². The fraction of sp³-hybridized carbons (Fsp3) is 0.357. The quantitative estimate of drug-likeness (QED) is 0.505. The SMILES string of the molecule is C[CH-]c1ccccc1C/C=C/C(C)C.[U]. The number of hydrogen-bond acceptors (Lipinski definition) is 0. The van der Waals surface area contributed by atoms with E-state index in [2.05, 4.69) is 63.6 Å². The van der Waals surface area contributed by atoms with Crippen LogP contribution in [0, 0.1) is 43.5 Å². The molecule has 0 aliphatic carbocycles. The van der Waals surface area contributed by atoms with Gasteiger partial charge in [0.1, 0.15) is 0 Å². The molecule has 15 heavy (non-hydrogen) atoms. The van der Waals surface area contributed by atoms with Crippen molar-refractivity contribution >= 4 is 0 Å². The van der Waals surface area contributed by atoms with Gasteiger partial charge in [-0.3, -0.25) is 0 Å². The molecule has 1 aromatic carbocycles. The molecule has 0 aliphatic rings. The third-order valence-corrected chi connectivity index (χ3v) is 2.22. The van der Waals surface area contributed by atoms with Crippen LogP contribution in [-0.4, -0.2) is 0 Å². The molecule has 0 fully saturated rings. The molecule has 0 amide bonds. The molecule has 0 nitrogen and oxygen atoms in total. The molecule has 0 aromatic heterocycles. The van der Waals surface area contributed by atoms with Crippen LogP contribution in [0.15, 0.2) is 36.4 Å². The van der Waals surface area contributed by atoms with Crippen LogP contribution in [0.1, 0.15) is 31.9 Å². The molecule has 0 aliphatic heterocycles. The second-order valence-electron chi connectivity index (χ2n) is 3.86. The zero-order valence-electron chi connectivity index (χ0n) is 9.83. The summed E-state index contributed by atoms with van der Waals surface area (Å²) in [6.07, 6.45) is 7.72. The summed E-state index contributed by atoms with van der Waals surface area (Å²) >= 11 is 0. The Bertz CT molecular complexity index is 300. The van der Waals surface area contributed by atoms with Gasteiger partial charge in [0, 0.05) is 31.1 Å². The summed E-state index contributed by atoms with van der Waals surface area (Å²) in [4.78, 5) is 0. The summed E-state index contributed by atoms with van der Waals surface area (Å²) in [7, 11) is 0. The van der Waals surface area contributed by atoms with Crippen LogP contribution in [0.4, 0.5) is 0 Å². The third kappa shape index (κ3) is 5.50. The minimum atomic E-state index is 0. The Morgan fingerprint density at radius 1 is 1.27 bits per heavy atom. The van der Waals surface area contributed by atoms with Crippen molar-refractivity contribution < 1.29 is 31.1 Å². The van der Waals surface area contributed by atoms with Gasteiger partial charge in [0.05, 0.1) is 0 Å². The number of hydrogen-bond donors (Lipinski definition) is 0. The van der Waals surface area contributed by atoms with Gasteiger partial charge in [0.25, 0.3) is 0 Å². The van der Waals surface area contributed by atoms with E-state index in [1.54, 1.807) is 0 Å². The smallest absolute Gasteiger partial charge is 0 e. The fourth-order valence-corrected chi connectivity index (χ4v) is 1.47. The second kappa shape index (κ2) is 8.08. The Kier molecular flexibility index (Phi) is 8.02. The molecule has 1 rings (SSSR count). The molecule has 0 bridgehead atoms. The zero-order chi connectivity index (χ0) is 10.4. The maximum absolute atomic E-state index is 2.26. The van der Waals surface area contributed by atoms with E-state index >= 15 is 0 Å². The van der Waals surface area contributed by atoms with Gasteiger partial charge in [-0.1, -0.05) is 45.4 Å². The van der Waals surface area contributed by atoms with Crippen molar-refractivity contribution in [1.29, 1.82) is 0 Å². The first-order chi connectivity index (χ1) is 6.74. The molecule has 80 valence electrons. The van der Waals surface area contributed by atoms with Crippen LogP contribution in [-0.2, 0) is 6.42 Å². The zero-order valence-corrected chi connectivity index (χ0v) is 14.0. The Labute approximate surface area is 118 Å². The average molecular weight is 425 g/mol. The summed E-state index contributed by atoms with van der Waals surface area (Å²) in [6, 6.07) is 8.55. The van der Waals surface area contributed by atoms with E-state index in [-0.39, 0.29) is 31.1 Å². The van der Waals surface area contributed by atoms with Crippen molar-refractivity contribution in [2.24, 2.45) is 5.92 Å². The molecule has 0 heterocycles. The molecular weight excluding hydrogens is 406 g/mol.